The number of hydrogen-bond donors (Lipinski definition) is 2. The molecule has 2 aromatic rings. The van der Waals surface area contributed by atoms with Crippen LogP contribution in [0.1, 0.15) is 24.3 Å². The summed E-state index contributed by atoms with van der Waals surface area (Å²) in [6.07, 6.45) is 0. The minimum Gasteiger partial charge on any atom is -0.496 e. The molecular weight excluding hydrogens is 292 g/mol. The van der Waals surface area contributed by atoms with Crippen molar-refractivity contribution < 1.29 is 17.6 Å². The summed E-state index contributed by atoms with van der Waals surface area (Å²) < 4.78 is 32.8. The quantitative estimate of drug-likeness (QED) is 0.848. The molecule has 7 heteroatoms. The van der Waals surface area contributed by atoms with Gasteiger partial charge >= 0.3 is 0 Å². The minimum atomic E-state index is -3.80. The highest BCUT2D eigenvalue weighted by Gasteiger charge is 2.15. The van der Waals surface area contributed by atoms with Gasteiger partial charge in [0, 0.05) is 11.6 Å². The predicted octanol–water partition coefficient (Wildman–Crippen LogP) is 1.79. The zero-order chi connectivity index (χ0) is 15.5. The van der Waals surface area contributed by atoms with E-state index in [4.69, 9.17) is 14.3 Å². The van der Waals surface area contributed by atoms with Crippen LogP contribution in [0.15, 0.2) is 45.9 Å². The molecule has 0 aliphatic carbocycles. The number of primary sulfonamides is 1. The Morgan fingerprint density at radius 2 is 2.00 bits per heavy atom. The van der Waals surface area contributed by atoms with E-state index in [1.165, 1.54) is 6.07 Å². The van der Waals surface area contributed by atoms with Gasteiger partial charge in [-0.05, 0) is 25.1 Å². The maximum Gasteiger partial charge on any atom is 0.271 e. The third-order valence-corrected chi connectivity index (χ3v) is 3.89. The van der Waals surface area contributed by atoms with Gasteiger partial charge in [0.25, 0.3) is 10.0 Å². The molecule has 1 atom stereocenters. The predicted molar refractivity (Wildman–Crippen MR) is 78.3 cm³/mol. The Balaban J connectivity index is 2.04. The number of rotatable bonds is 6. The lowest BCUT2D eigenvalue weighted by molar-refractivity contribution is 0.383. The molecule has 6 nitrogen and oxygen atoms in total. The molecule has 0 saturated carbocycles. The van der Waals surface area contributed by atoms with Crippen molar-refractivity contribution in [2.24, 2.45) is 5.14 Å². The van der Waals surface area contributed by atoms with Crippen LogP contribution in [0.4, 0.5) is 0 Å². The number of benzene rings is 1. The average Bonchev–Trinajstić information content (AvgIpc) is 2.93. The zero-order valence-corrected chi connectivity index (χ0v) is 12.7. The van der Waals surface area contributed by atoms with E-state index in [1.807, 2.05) is 31.2 Å². The second kappa shape index (κ2) is 6.30. The summed E-state index contributed by atoms with van der Waals surface area (Å²) in [5.74, 6) is 1.29. The Morgan fingerprint density at radius 3 is 2.62 bits per heavy atom. The van der Waals surface area contributed by atoms with Crippen molar-refractivity contribution in [3.05, 3.63) is 47.7 Å². The lowest BCUT2D eigenvalue weighted by atomic mass is 10.1. The monoisotopic (exact) mass is 310 g/mol. The summed E-state index contributed by atoms with van der Waals surface area (Å²) in [6, 6.07) is 10.6. The molecule has 114 valence electrons. The smallest absolute Gasteiger partial charge is 0.271 e. The summed E-state index contributed by atoms with van der Waals surface area (Å²) in [5.41, 5.74) is 1.01. The van der Waals surface area contributed by atoms with E-state index < -0.39 is 10.0 Å². The molecule has 1 aromatic heterocycles. The topological polar surface area (TPSA) is 94.6 Å². The van der Waals surface area contributed by atoms with E-state index in [1.54, 1.807) is 13.2 Å². The third kappa shape index (κ3) is 3.84. The summed E-state index contributed by atoms with van der Waals surface area (Å²) in [4.78, 5) is 0. The SMILES string of the molecule is COc1ccccc1[C@H](C)NCc1ccc(S(N)(=O)=O)o1. The largest absolute Gasteiger partial charge is 0.496 e. The average molecular weight is 310 g/mol. The van der Waals surface area contributed by atoms with Crippen LogP contribution in [0.2, 0.25) is 0 Å². The molecule has 0 saturated heterocycles. The van der Waals surface area contributed by atoms with Crippen molar-refractivity contribution in [2.45, 2.75) is 24.6 Å². The zero-order valence-electron chi connectivity index (χ0n) is 11.9. The van der Waals surface area contributed by atoms with Crippen molar-refractivity contribution in [3.8, 4) is 5.75 Å². The van der Waals surface area contributed by atoms with Crippen molar-refractivity contribution in [1.82, 2.24) is 5.32 Å². The van der Waals surface area contributed by atoms with Gasteiger partial charge in [0.15, 0.2) is 0 Å². The van der Waals surface area contributed by atoms with Crippen LogP contribution in [0.3, 0.4) is 0 Å². The van der Waals surface area contributed by atoms with Gasteiger partial charge in [0.1, 0.15) is 11.5 Å². The van der Waals surface area contributed by atoms with Crippen LogP contribution < -0.4 is 15.2 Å². The highest BCUT2D eigenvalue weighted by molar-refractivity contribution is 7.89. The van der Waals surface area contributed by atoms with E-state index in [-0.39, 0.29) is 11.1 Å². The first-order chi connectivity index (χ1) is 9.91. The van der Waals surface area contributed by atoms with E-state index >= 15 is 0 Å². The first kappa shape index (κ1) is 15.6. The van der Waals surface area contributed by atoms with E-state index in [0.29, 0.717) is 12.3 Å². The molecule has 1 heterocycles. The van der Waals surface area contributed by atoms with E-state index in [9.17, 15) is 8.42 Å². The van der Waals surface area contributed by atoms with Crippen LogP contribution >= 0.6 is 0 Å². The van der Waals surface area contributed by atoms with Crippen molar-refractivity contribution >= 4 is 10.0 Å². The Bertz CT molecular complexity index is 709. The number of nitrogens with one attached hydrogen (secondary N) is 1. The molecule has 21 heavy (non-hydrogen) atoms. The second-order valence-electron chi connectivity index (χ2n) is 4.61. The maximum atomic E-state index is 11.1. The van der Waals surface area contributed by atoms with Gasteiger partial charge in [-0.2, -0.15) is 0 Å². The summed E-state index contributed by atoms with van der Waals surface area (Å²) in [7, 11) is -2.18. The first-order valence-electron chi connectivity index (χ1n) is 6.39. The second-order valence-corrected chi connectivity index (χ2v) is 6.10. The van der Waals surface area contributed by atoms with Gasteiger partial charge in [0.2, 0.25) is 5.09 Å². The van der Waals surface area contributed by atoms with Gasteiger partial charge < -0.3 is 14.5 Å². The molecule has 0 aliphatic rings. The van der Waals surface area contributed by atoms with E-state index in [0.717, 1.165) is 11.3 Å². The van der Waals surface area contributed by atoms with Gasteiger partial charge in [-0.25, -0.2) is 13.6 Å². The summed E-state index contributed by atoms with van der Waals surface area (Å²) >= 11 is 0. The van der Waals surface area contributed by atoms with Gasteiger partial charge in [-0.3, -0.25) is 0 Å². The molecular formula is C14H18N2O4S. The van der Waals surface area contributed by atoms with Crippen LogP contribution in [-0.2, 0) is 16.6 Å². The maximum absolute atomic E-state index is 11.1. The molecule has 0 spiro atoms. The molecule has 3 N–H and O–H groups in total. The van der Waals surface area contributed by atoms with Crippen LogP contribution in [0.25, 0.3) is 0 Å². The fourth-order valence-corrected chi connectivity index (χ4v) is 2.47. The van der Waals surface area contributed by atoms with Crippen molar-refractivity contribution in [1.29, 1.82) is 0 Å². The molecule has 0 aliphatic heterocycles. The third-order valence-electron chi connectivity index (χ3n) is 3.11. The number of ether oxygens (including phenoxy) is 1. The van der Waals surface area contributed by atoms with Crippen LogP contribution in [-0.4, -0.2) is 15.5 Å². The van der Waals surface area contributed by atoms with Gasteiger partial charge in [0.05, 0.1) is 13.7 Å². The number of hydrogen-bond acceptors (Lipinski definition) is 5. The number of methoxy groups -OCH3 is 1. The Morgan fingerprint density at radius 1 is 1.29 bits per heavy atom. The normalized spacial score (nSPS) is 13.1. The Hall–Kier alpha value is -1.83. The number of para-hydroxylation sites is 1. The summed E-state index contributed by atoms with van der Waals surface area (Å²) in [5, 5.41) is 8.01. The fourth-order valence-electron chi connectivity index (χ4n) is 1.99. The number of furan rings is 1. The van der Waals surface area contributed by atoms with Crippen LogP contribution in [0, 0.1) is 0 Å². The summed E-state index contributed by atoms with van der Waals surface area (Å²) in [6.45, 7) is 2.37. The first-order valence-corrected chi connectivity index (χ1v) is 7.94. The van der Waals surface area contributed by atoms with Crippen molar-refractivity contribution in [3.63, 3.8) is 0 Å². The number of nitrogens with two attached hydrogens (primary N) is 1. The Kier molecular flexibility index (Phi) is 4.66. The molecule has 0 amide bonds. The van der Waals surface area contributed by atoms with Crippen LogP contribution in [0.5, 0.6) is 5.75 Å². The molecule has 0 bridgehead atoms. The van der Waals surface area contributed by atoms with E-state index in [2.05, 4.69) is 5.32 Å². The van der Waals surface area contributed by atoms with Gasteiger partial charge in [-0.1, -0.05) is 18.2 Å². The van der Waals surface area contributed by atoms with Gasteiger partial charge in [-0.15, -0.1) is 0 Å². The minimum absolute atomic E-state index is 0.0178. The lowest BCUT2D eigenvalue weighted by Crippen LogP contribution is -2.18. The number of sulfonamides is 1. The molecule has 1 aromatic carbocycles. The molecule has 0 radical (unpaired) electrons. The Labute approximate surface area is 124 Å². The highest BCUT2D eigenvalue weighted by Crippen LogP contribution is 2.24. The molecule has 0 unspecified atom stereocenters. The fraction of sp³-hybridized carbons (Fsp3) is 0.286. The molecule has 0 fully saturated rings. The van der Waals surface area contributed by atoms with Crippen molar-refractivity contribution in [2.75, 3.05) is 7.11 Å². The molecule has 2 rings (SSSR count). The highest BCUT2D eigenvalue weighted by atomic mass is 32.2. The standard InChI is InChI=1S/C14H18N2O4S/c1-10(12-5-3-4-6-13(12)19-2)16-9-11-7-8-14(20-11)21(15,17)18/h3-8,10,16H,9H2,1-2H3,(H2,15,17,18)/t10-/m0/s1. The lowest BCUT2D eigenvalue weighted by Gasteiger charge is -2.16.